The zero-order valence-electron chi connectivity index (χ0n) is 29.8. The Morgan fingerprint density at radius 2 is 0.982 bits per heavy atom. The van der Waals surface area contributed by atoms with Crippen LogP contribution in [0, 0.1) is 0 Å². The topological polar surface area (TPSA) is 56.8 Å². The van der Waals surface area contributed by atoms with E-state index in [0.717, 1.165) is 42.1 Å². The number of aliphatic imine (C=N–C) groups is 1. The number of alkyl halides is 6. The smallest absolute Gasteiger partial charge is 0.411 e. The van der Waals surface area contributed by atoms with Crippen LogP contribution in [0.25, 0.3) is 11.1 Å². The van der Waals surface area contributed by atoms with Crippen LogP contribution in [0.5, 0.6) is 11.5 Å². The van der Waals surface area contributed by atoms with Gasteiger partial charge in [0.15, 0.2) is 0 Å². The van der Waals surface area contributed by atoms with Gasteiger partial charge in [0, 0.05) is 16.8 Å². The maximum atomic E-state index is 15.4. The fourth-order valence-corrected chi connectivity index (χ4v) is 6.05. The molecular formula is C45H36F6N2O2. The van der Waals surface area contributed by atoms with E-state index in [2.05, 4.69) is 17.4 Å². The summed E-state index contributed by atoms with van der Waals surface area (Å²) in [4.78, 5) is 4.35. The van der Waals surface area contributed by atoms with E-state index < -0.39 is 28.9 Å². The van der Waals surface area contributed by atoms with Crippen LogP contribution < -0.4 is 15.2 Å². The molecule has 6 aromatic rings. The van der Waals surface area contributed by atoms with Gasteiger partial charge in [-0.15, -0.1) is 0 Å². The Bertz CT molecular complexity index is 2250. The summed E-state index contributed by atoms with van der Waals surface area (Å²) in [6, 6.07) is 40.4. The van der Waals surface area contributed by atoms with Gasteiger partial charge in [-0.05, 0) is 82.2 Å². The van der Waals surface area contributed by atoms with Gasteiger partial charge in [-0.1, -0.05) is 116 Å². The molecule has 0 aliphatic rings. The van der Waals surface area contributed by atoms with E-state index in [9.17, 15) is 0 Å². The fraction of sp³-hybridized carbons (Fsp3) is 0.111. The molecule has 10 heteroatoms. The number of hydrogen-bond acceptors (Lipinski definition) is 4. The number of nitrogen functional groups attached to an aromatic ring is 1. The molecule has 0 radical (unpaired) electrons. The highest BCUT2D eigenvalue weighted by Crippen LogP contribution is 2.57. The summed E-state index contributed by atoms with van der Waals surface area (Å²) in [6.45, 7) is 3.98. The summed E-state index contributed by atoms with van der Waals surface area (Å²) in [7, 11) is 2.56. The van der Waals surface area contributed by atoms with Crippen molar-refractivity contribution < 1.29 is 35.8 Å². The monoisotopic (exact) mass is 750 g/mol. The van der Waals surface area contributed by atoms with Crippen molar-refractivity contribution in [3.8, 4) is 11.5 Å². The largest absolute Gasteiger partial charge is 0.496 e. The van der Waals surface area contributed by atoms with Crippen molar-refractivity contribution in [2.45, 2.75) is 17.8 Å². The Labute approximate surface area is 315 Å². The van der Waals surface area contributed by atoms with Gasteiger partial charge in [-0.3, -0.25) is 0 Å². The van der Waals surface area contributed by atoms with Gasteiger partial charge in [0.25, 0.3) is 0 Å². The maximum Gasteiger partial charge on any atom is 0.411 e. The number of rotatable bonds is 9. The third-order valence-electron chi connectivity index (χ3n) is 8.75. The van der Waals surface area contributed by atoms with Crippen molar-refractivity contribution in [1.82, 2.24) is 0 Å². The lowest BCUT2D eigenvalue weighted by Crippen LogP contribution is -2.54. The molecule has 0 saturated heterocycles. The van der Waals surface area contributed by atoms with E-state index in [4.69, 9.17) is 15.2 Å². The van der Waals surface area contributed by atoms with Gasteiger partial charge >= 0.3 is 12.4 Å². The first-order valence-corrected chi connectivity index (χ1v) is 16.8. The predicted molar refractivity (Wildman–Crippen MR) is 207 cm³/mol. The summed E-state index contributed by atoms with van der Waals surface area (Å²) in [5, 5.41) is 0. The van der Waals surface area contributed by atoms with E-state index in [-0.39, 0.29) is 33.8 Å². The zero-order chi connectivity index (χ0) is 39.6. The second-order valence-electron chi connectivity index (χ2n) is 12.1. The molecule has 2 N–H and O–H groups in total. The van der Waals surface area contributed by atoms with Crippen LogP contribution in [0.1, 0.15) is 33.4 Å². The standard InChI is InChI=1S/C39H29F6NO2.C6H7N/c1-26(27-13-7-4-8-14-27)32-23-29(19-21-35(32)47-2)37(38(40,41)42,39(43,44)45)30-20-22-36(48-3)33(24-30)34(28-15-9-5-10-16-28)25-46-31-17-11-6-12-18-31;7-6-4-2-1-3-5-6/h4-24H,1H2,2-3H3;1-5H,7H2. The third kappa shape index (κ3) is 8.67. The van der Waals surface area contributed by atoms with E-state index in [1.165, 1.54) is 14.2 Å². The first-order chi connectivity index (χ1) is 26.3. The van der Waals surface area contributed by atoms with Gasteiger partial charge in [-0.2, -0.15) is 26.3 Å². The summed E-state index contributed by atoms with van der Waals surface area (Å²) < 4.78 is 104. The van der Waals surface area contributed by atoms with E-state index >= 15 is 26.3 Å². The maximum absolute atomic E-state index is 15.4. The lowest BCUT2D eigenvalue weighted by atomic mass is 9.71. The quantitative estimate of drug-likeness (QED) is 0.0909. The van der Waals surface area contributed by atoms with Crippen LogP contribution in [-0.2, 0) is 5.41 Å². The van der Waals surface area contributed by atoms with Crippen LogP contribution >= 0.6 is 0 Å². The fourth-order valence-electron chi connectivity index (χ4n) is 6.05. The molecule has 0 aliphatic heterocycles. The van der Waals surface area contributed by atoms with Gasteiger partial charge in [-0.25, -0.2) is 4.99 Å². The molecular weight excluding hydrogens is 714 g/mol. The number of ether oxygens (including phenoxy) is 2. The molecule has 0 aromatic heterocycles. The first-order valence-electron chi connectivity index (χ1n) is 16.8. The van der Waals surface area contributed by atoms with Gasteiger partial charge in [0.05, 0.1) is 25.5 Å². The number of nitrogens with two attached hydrogens (primary N) is 1. The van der Waals surface area contributed by atoms with Crippen molar-refractivity contribution in [2.75, 3.05) is 20.0 Å². The number of halogens is 6. The highest BCUT2D eigenvalue weighted by atomic mass is 19.4. The molecule has 0 heterocycles. The Kier molecular flexibility index (Phi) is 12.3. The molecule has 0 bridgehead atoms. The molecule has 0 aliphatic carbocycles. The molecule has 0 atom stereocenters. The number of anilines is 1. The molecule has 0 spiro atoms. The Morgan fingerprint density at radius 3 is 1.42 bits per heavy atom. The number of nitrogens with zero attached hydrogens (tertiary/aromatic N) is 1. The Hall–Kier alpha value is -6.51. The summed E-state index contributed by atoms with van der Waals surface area (Å²) in [5.41, 5.74) is 1.22. The van der Waals surface area contributed by atoms with Crippen molar-refractivity contribution in [3.05, 3.63) is 198 Å². The molecule has 0 saturated carbocycles. The molecule has 0 unspecified atom stereocenters. The minimum absolute atomic E-state index is 0.0207. The van der Waals surface area contributed by atoms with E-state index in [1.54, 1.807) is 91.0 Å². The summed E-state index contributed by atoms with van der Waals surface area (Å²) in [5.74, 6) is 2.96. The van der Waals surface area contributed by atoms with E-state index in [0.29, 0.717) is 16.8 Å². The van der Waals surface area contributed by atoms with Crippen LogP contribution in [0.15, 0.2) is 169 Å². The van der Waals surface area contributed by atoms with Crippen molar-refractivity contribution in [2.24, 2.45) is 4.99 Å². The predicted octanol–water partition coefficient (Wildman–Crippen LogP) is 11.9. The third-order valence-corrected chi connectivity index (χ3v) is 8.75. The minimum Gasteiger partial charge on any atom is -0.496 e. The molecule has 6 aromatic carbocycles. The van der Waals surface area contributed by atoms with Crippen molar-refractivity contribution in [1.29, 1.82) is 0 Å². The number of benzene rings is 6. The average molecular weight is 751 g/mol. The summed E-state index contributed by atoms with van der Waals surface area (Å²) >= 11 is 0. The van der Waals surface area contributed by atoms with Crippen LogP contribution in [0.4, 0.5) is 37.7 Å². The normalized spacial score (nSPS) is 11.3. The Balaban J connectivity index is 0.000000745. The highest BCUT2D eigenvalue weighted by molar-refractivity contribution is 6.01. The van der Waals surface area contributed by atoms with E-state index in [1.807, 2.05) is 30.3 Å². The minimum atomic E-state index is -5.86. The molecule has 0 fully saturated rings. The van der Waals surface area contributed by atoms with Crippen LogP contribution in [0.2, 0.25) is 0 Å². The highest BCUT2D eigenvalue weighted by Gasteiger charge is 2.72. The first kappa shape index (κ1) is 39.7. The van der Waals surface area contributed by atoms with Gasteiger partial charge in [0.2, 0.25) is 5.41 Å². The molecule has 55 heavy (non-hydrogen) atoms. The second-order valence-corrected chi connectivity index (χ2v) is 12.1. The van der Waals surface area contributed by atoms with Crippen LogP contribution in [0.3, 0.4) is 0 Å². The van der Waals surface area contributed by atoms with Gasteiger partial charge < -0.3 is 15.2 Å². The van der Waals surface area contributed by atoms with Gasteiger partial charge in [0.1, 0.15) is 11.5 Å². The van der Waals surface area contributed by atoms with Crippen molar-refractivity contribution in [3.63, 3.8) is 0 Å². The molecule has 0 amide bonds. The SMILES string of the molecule is C=C(c1ccccc1)c1cc(C(c2ccc(OC)c(C(=C=Nc3ccccc3)c3ccccc3)c2)(C(F)(F)F)C(F)(F)F)ccc1OC.Nc1ccccc1. The number of methoxy groups -OCH3 is 2. The molecule has 4 nitrogen and oxygen atoms in total. The average Bonchev–Trinajstić information content (AvgIpc) is 3.18. The zero-order valence-corrected chi connectivity index (χ0v) is 29.8. The second kappa shape index (κ2) is 17.1. The van der Waals surface area contributed by atoms with Crippen LogP contribution in [-0.4, -0.2) is 32.4 Å². The lowest BCUT2D eigenvalue weighted by Gasteiger charge is -2.39. The number of hydrogen-bond donors (Lipinski definition) is 1. The molecule has 280 valence electrons. The summed E-state index contributed by atoms with van der Waals surface area (Å²) in [6.07, 6.45) is -11.7. The van der Waals surface area contributed by atoms with Crippen molar-refractivity contribution >= 4 is 28.4 Å². The lowest BCUT2D eigenvalue weighted by molar-refractivity contribution is -0.288. The number of para-hydroxylation sites is 2. The molecule has 6 rings (SSSR count). The Morgan fingerprint density at radius 1 is 0.564 bits per heavy atom.